The Kier molecular flexibility index (Phi) is 4.22. The van der Waals surface area contributed by atoms with E-state index < -0.39 is 5.41 Å². The van der Waals surface area contributed by atoms with Crippen molar-refractivity contribution in [3.63, 3.8) is 0 Å². The van der Waals surface area contributed by atoms with E-state index in [0.717, 1.165) is 37.1 Å². The van der Waals surface area contributed by atoms with Gasteiger partial charge in [0, 0.05) is 38.8 Å². The van der Waals surface area contributed by atoms with Gasteiger partial charge >= 0.3 is 0 Å². The highest BCUT2D eigenvalue weighted by molar-refractivity contribution is 6.08. The van der Waals surface area contributed by atoms with Gasteiger partial charge in [0.1, 0.15) is 12.7 Å². The van der Waals surface area contributed by atoms with Crippen molar-refractivity contribution in [1.82, 2.24) is 19.7 Å². The lowest BCUT2D eigenvalue weighted by Crippen LogP contribution is -2.53. The number of likely N-dealkylation sites (tertiary alicyclic amines) is 1. The van der Waals surface area contributed by atoms with Crippen molar-refractivity contribution < 1.29 is 9.59 Å². The van der Waals surface area contributed by atoms with Gasteiger partial charge in [0.2, 0.25) is 11.8 Å². The first-order valence-electron chi connectivity index (χ1n) is 9.10. The number of piperidine rings is 1. The third-order valence-electron chi connectivity index (χ3n) is 5.58. The number of para-hydroxylation sites is 1. The standard InChI is InChI=1S/C19H23N5O2/c1-22-16-7-3-2-6-15(16)19(18(22)26)9-5-10-23(12-19)17(25)8-4-11-24-14-20-13-21-24/h2-3,6-7,13-14H,4-5,8-12H2,1H3/t19-/m1/s1. The van der Waals surface area contributed by atoms with Crippen molar-refractivity contribution in [2.45, 2.75) is 37.6 Å². The first-order chi connectivity index (χ1) is 12.6. The molecule has 0 radical (unpaired) electrons. The van der Waals surface area contributed by atoms with Crippen molar-refractivity contribution in [3.05, 3.63) is 42.5 Å². The summed E-state index contributed by atoms with van der Waals surface area (Å²) in [6.45, 7) is 1.88. The molecule has 2 aliphatic rings. The fourth-order valence-corrected chi connectivity index (χ4v) is 4.28. The normalized spacial score (nSPS) is 22.1. The van der Waals surface area contributed by atoms with E-state index in [-0.39, 0.29) is 11.8 Å². The van der Waals surface area contributed by atoms with Crippen molar-refractivity contribution in [1.29, 1.82) is 0 Å². The van der Waals surface area contributed by atoms with Gasteiger partial charge in [0.25, 0.3) is 0 Å². The van der Waals surface area contributed by atoms with Crippen LogP contribution in [0.2, 0.25) is 0 Å². The summed E-state index contributed by atoms with van der Waals surface area (Å²) in [7, 11) is 1.83. The fourth-order valence-electron chi connectivity index (χ4n) is 4.28. The van der Waals surface area contributed by atoms with Crippen LogP contribution < -0.4 is 4.90 Å². The highest BCUT2D eigenvalue weighted by Crippen LogP contribution is 2.46. The number of anilines is 1. The summed E-state index contributed by atoms with van der Waals surface area (Å²) in [5, 5.41) is 4.06. The lowest BCUT2D eigenvalue weighted by molar-refractivity contribution is -0.136. The molecule has 3 heterocycles. The molecule has 0 bridgehead atoms. The summed E-state index contributed by atoms with van der Waals surface area (Å²) >= 11 is 0. The van der Waals surface area contributed by atoms with Crippen LogP contribution in [0.1, 0.15) is 31.2 Å². The largest absolute Gasteiger partial charge is 0.341 e. The van der Waals surface area contributed by atoms with Crippen molar-refractivity contribution in [2.24, 2.45) is 0 Å². The van der Waals surface area contributed by atoms with Crippen LogP contribution in [0.5, 0.6) is 0 Å². The Bertz CT molecular complexity index is 819. The Morgan fingerprint density at radius 1 is 1.31 bits per heavy atom. The summed E-state index contributed by atoms with van der Waals surface area (Å²) in [5.74, 6) is 0.225. The molecule has 4 rings (SSSR count). The molecule has 1 saturated heterocycles. The number of benzene rings is 1. The van der Waals surface area contributed by atoms with Crippen LogP contribution in [-0.4, -0.2) is 51.6 Å². The smallest absolute Gasteiger partial charge is 0.239 e. The minimum Gasteiger partial charge on any atom is -0.341 e. The molecular weight excluding hydrogens is 330 g/mol. The van der Waals surface area contributed by atoms with E-state index >= 15 is 0 Å². The van der Waals surface area contributed by atoms with Gasteiger partial charge in [0.15, 0.2) is 0 Å². The molecule has 7 heteroatoms. The van der Waals surface area contributed by atoms with Gasteiger partial charge in [-0.3, -0.25) is 14.3 Å². The predicted molar refractivity (Wildman–Crippen MR) is 96.6 cm³/mol. The number of carbonyl (C=O) groups is 2. The number of fused-ring (bicyclic) bond motifs is 2. The maximum atomic E-state index is 13.0. The molecule has 136 valence electrons. The molecule has 0 unspecified atom stereocenters. The number of likely N-dealkylation sites (N-methyl/N-ethyl adjacent to an activating group) is 1. The Hall–Kier alpha value is -2.70. The number of aromatic nitrogens is 3. The van der Waals surface area contributed by atoms with Gasteiger partial charge in [-0.1, -0.05) is 18.2 Å². The number of aryl methyl sites for hydroxylation is 1. The first kappa shape index (κ1) is 16.8. The zero-order valence-corrected chi connectivity index (χ0v) is 15.0. The first-order valence-corrected chi connectivity index (χ1v) is 9.10. The molecule has 1 aromatic heterocycles. The summed E-state index contributed by atoms with van der Waals surface area (Å²) in [6.07, 6.45) is 5.98. The van der Waals surface area contributed by atoms with E-state index in [9.17, 15) is 9.59 Å². The maximum absolute atomic E-state index is 13.0. The minimum atomic E-state index is -0.578. The van der Waals surface area contributed by atoms with E-state index in [0.29, 0.717) is 19.5 Å². The van der Waals surface area contributed by atoms with Crippen LogP contribution in [0.4, 0.5) is 5.69 Å². The summed E-state index contributed by atoms with van der Waals surface area (Å²) < 4.78 is 1.73. The molecule has 0 N–H and O–H groups in total. The topological polar surface area (TPSA) is 71.3 Å². The molecule has 26 heavy (non-hydrogen) atoms. The van der Waals surface area contributed by atoms with Crippen molar-refractivity contribution >= 4 is 17.5 Å². The molecule has 1 atom stereocenters. The number of nitrogens with zero attached hydrogens (tertiary/aromatic N) is 5. The van der Waals surface area contributed by atoms with Gasteiger partial charge < -0.3 is 9.80 Å². The molecule has 2 amide bonds. The second-order valence-corrected chi connectivity index (χ2v) is 7.14. The van der Waals surface area contributed by atoms with Crippen molar-refractivity contribution in [3.8, 4) is 0 Å². The maximum Gasteiger partial charge on any atom is 0.239 e. The molecule has 1 spiro atoms. The Morgan fingerprint density at radius 3 is 2.96 bits per heavy atom. The summed E-state index contributed by atoms with van der Waals surface area (Å²) in [5.41, 5.74) is 1.45. The number of hydrogen-bond acceptors (Lipinski definition) is 4. The number of rotatable bonds is 4. The predicted octanol–water partition coefficient (Wildman–Crippen LogP) is 1.60. The molecule has 2 aromatic rings. The average Bonchev–Trinajstić information content (AvgIpc) is 3.25. The minimum absolute atomic E-state index is 0.110. The van der Waals surface area contributed by atoms with Crippen LogP contribution in [0.3, 0.4) is 0 Å². The zero-order valence-electron chi connectivity index (χ0n) is 15.0. The third-order valence-corrected chi connectivity index (χ3v) is 5.58. The number of amides is 2. The summed E-state index contributed by atoms with van der Waals surface area (Å²) in [4.78, 5) is 33.3. The van der Waals surface area contributed by atoms with Crippen LogP contribution in [0.25, 0.3) is 0 Å². The van der Waals surface area contributed by atoms with Crippen LogP contribution >= 0.6 is 0 Å². The van der Waals surface area contributed by atoms with Gasteiger partial charge in [-0.25, -0.2) is 4.98 Å². The second kappa shape index (κ2) is 6.55. The van der Waals surface area contributed by atoms with Gasteiger partial charge in [0.05, 0.1) is 5.41 Å². The number of carbonyl (C=O) groups excluding carboxylic acids is 2. The van der Waals surface area contributed by atoms with E-state index in [1.54, 1.807) is 15.9 Å². The van der Waals surface area contributed by atoms with E-state index in [1.807, 2.05) is 36.2 Å². The molecular formula is C19H23N5O2. The quantitative estimate of drug-likeness (QED) is 0.837. The Morgan fingerprint density at radius 2 is 2.15 bits per heavy atom. The highest BCUT2D eigenvalue weighted by atomic mass is 16.2. The van der Waals surface area contributed by atoms with E-state index in [2.05, 4.69) is 10.1 Å². The van der Waals surface area contributed by atoms with Gasteiger partial charge in [-0.05, 0) is 30.9 Å². The van der Waals surface area contributed by atoms with E-state index in [1.165, 1.54) is 6.33 Å². The molecule has 0 saturated carbocycles. The second-order valence-electron chi connectivity index (χ2n) is 7.14. The molecule has 1 aromatic carbocycles. The SMILES string of the molecule is CN1C(=O)[C@@]2(CCCN(C(=O)CCCn3cncn3)C2)c2ccccc21. The van der Waals surface area contributed by atoms with Gasteiger partial charge in [-0.2, -0.15) is 5.10 Å². The van der Waals surface area contributed by atoms with Crippen molar-refractivity contribution in [2.75, 3.05) is 25.0 Å². The lowest BCUT2D eigenvalue weighted by Gasteiger charge is -2.39. The third kappa shape index (κ3) is 2.67. The van der Waals surface area contributed by atoms with E-state index in [4.69, 9.17) is 0 Å². The molecule has 0 aliphatic carbocycles. The zero-order chi connectivity index (χ0) is 18.1. The monoisotopic (exact) mass is 353 g/mol. The fraction of sp³-hybridized carbons (Fsp3) is 0.474. The van der Waals surface area contributed by atoms with Crippen LogP contribution in [0.15, 0.2) is 36.9 Å². The number of hydrogen-bond donors (Lipinski definition) is 0. The molecule has 7 nitrogen and oxygen atoms in total. The molecule has 2 aliphatic heterocycles. The van der Waals surface area contributed by atoms with Crippen LogP contribution in [-0.2, 0) is 21.5 Å². The van der Waals surface area contributed by atoms with Crippen LogP contribution in [0, 0.1) is 0 Å². The Labute approximate surface area is 152 Å². The molecule has 1 fully saturated rings. The Balaban J connectivity index is 1.47. The van der Waals surface area contributed by atoms with Gasteiger partial charge in [-0.15, -0.1) is 0 Å². The summed E-state index contributed by atoms with van der Waals surface area (Å²) in [6, 6.07) is 7.96. The lowest BCUT2D eigenvalue weighted by atomic mass is 9.75. The average molecular weight is 353 g/mol. The highest BCUT2D eigenvalue weighted by Gasteiger charge is 2.52.